The molecule has 0 saturated carbocycles. The van der Waals surface area contributed by atoms with E-state index in [2.05, 4.69) is 87.6 Å². The summed E-state index contributed by atoms with van der Waals surface area (Å²) in [6.07, 6.45) is -0.0555. The van der Waals surface area contributed by atoms with Crippen molar-refractivity contribution >= 4 is 87.1 Å². The number of rotatable bonds is 24. The van der Waals surface area contributed by atoms with Gasteiger partial charge in [-0.15, -0.1) is 5.70 Å². The number of allylic oxidation sites excluding steroid dienone is 5. The number of ketones is 1. The van der Waals surface area contributed by atoms with Crippen LogP contribution in [0, 0.1) is 122 Å². The number of ether oxygens (including phenoxy) is 3. The monoisotopic (exact) mass is 1800 g/mol. The molecule has 9 N–H and O–H groups in total. The number of Topliss-reactive ketones (excluding diaryl/α,β-unsaturated/α-hetero) is 1. The van der Waals surface area contributed by atoms with Gasteiger partial charge in [0.25, 0.3) is 23.0 Å². The zero-order valence-corrected chi connectivity index (χ0v) is 75.6. The van der Waals surface area contributed by atoms with E-state index in [4.69, 9.17) is 144 Å². The van der Waals surface area contributed by atoms with Gasteiger partial charge in [0, 0.05) is 61.3 Å². The molecule has 4 heterocycles. The minimum atomic E-state index is -1.11. The van der Waals surface area contributed by atoms with Gasteiger partial charge in [-0.2, -0.15) is 22.1 Å². The van der Waals surface area contributed by atoms with Crippen molar-refractivity contribution in [1.82, 2.24) is 16.0 Å². The van der Waals surface area contributed by atoms with Gasteiger partial charge < -0.3 is 91.3 Å². The summed E-state index contributed by atoms with van der Waals surface area (Å²) >= 11 is 5.49. The summed E-state index contributed by atoms with van der Waals surface area (Å²) in [5.41, 5.74) is 6.12. The average Bonchev–Trinajstić information content (AvgIpc) is 1.65. The second-order valence-electron chi connectivity index (χ2n) is 22.6. The molecule has 4 amide bonds. The summed E-state index contributed by atoms with van der Waals surface area (Å²) in [6, 6.07) is 31.2. The molecule has 0 aromatic heterocycles. The molecule has 0 fully saturated rings. The summed E-state index contributed by atoms with van der Waals surface area (Å²) < 4.78 is 14.7. The summed E-state index contributed by atoms with van der Waals surface area (Å²) in [5.74, 6) is -6.53. The van der Waals surface area contributed by atoms with Crippen LogP contribution < -0.4 is 135 Å². The molecule has 7 rings (SSSR count). The van der Waals surface area contributed by atoms with Gasteiger partial charge in [-0.05, 0) is 68.3 Å². The summed E-state index contributed by atoms with van der Waals surface area (Å²) in [6.45, 7) is 84.1. The number of carbonyl (C=O) groups is 8. The molecule has 3 aromatic rings. The quantitative estimate of drug-likeness (QED) is 0.00973. The molecule has 0 bridgehead atoms. The first kappa shape index (κ1) is 127. The van der Waals surface area contributed by atoms with Crippen molar-refractivity contribution in [1.29, 1.82) is 26.3 Å². The first-order chi connectivity index (χ1) is 58.9. The third-order valence-corrected chi connectivity index (χ3v) is 15.1. The van der Waals surface area contributed by atoms with Crippen LogP contribution in [-0.4, -0.2) is 160 Å². The maximum Gasteiger partial charge on any atom is 1.00 e. The van der Waals surface area contributed by atoms with Crippen LogP contribution in [0.4, 0.5) is 17.1 Å². The third kappa shape index (κ3) is 39.9. The number of hydrogen-bond donors (Lipinski definition) is 8. The number of nitrogens with one attached hydrogen (secondary N) is 3. The van der Waals surface area contributed by atoms with Gasteiger partial charge in [0.15, 0.2) is 5.70 Å². The molecule has 0 saturated heterocycles. The van der Waals surface area contributed by atoms with Crippen LogP contribution in [0.3, 0.4) is 0 Å². The van der Waals surface area contributed by atoms with Crippen molar-refractivity contribution in [3.8, 4) is 30.3 Å². The van der Waals surface area contributed by atoms with E-state index in [1.165, 1.54) is 13.0 Å². The molecule has 40 nitrogen and oxygen atoms in total. The van der Waals surface area contributed by atoms with Crippen LogP contribution in [0.1, 0.15) is 67.5 Å². The molecule has 4 aliphatic heterocycles. The van der Waals surface area contributed by atoms with Crippen LogP contribution in [0.5, 0.6) is 0 Å². The van der Waals surface area contributed by atoms with Crippen LogP contribution in [-0.2, 0) is 52.6 Å². The molecule has 3 aromatic carbocycles. The molecule has 44 heteroatoms. The van der Waals surface area contributed by atoms with E-state index in [9.17, 15) is 43.5 Å². The zero-order valence-electron chi connectivity index (χ0n) is 68.9. The predicted molar refractivity (Wildman–Crippen MR) is 454 cm³/mol. The molecule has 0 spiro atoms. The topological polar surface area (TPSA) is 540 Å². The van der Waals surface area contributed by atoms with Crippen LogP contribution in [0.2, 0.25) is 0 Å². The molecule has 4 aliphatic rings. The first-order valence-electron chi connectivity index (χ1n) is 34.2. The fourth-order valence-electron chi connectivity index (χ4n) is 9.20. The van der Waals surface area contributed by atoms with E-state index in [0.29, 0.717) is 43.0 Å². The Kier molecular flexibility index (Phi) is 69.6. The van der Waals surface area contributed by atoms with Crippen molar-refractivity contribution in [3.05, 3.63) is 324 Å². The maximum absolute atomic E-state index is 12.5. The third-order valence-electron chi connectivity index (χ3n) is 14.7. The van der Waals surface area contributed by atoms with E-state index in [1.54, 1.807) is 98.5 Å². The number of carbonyl (C=O) groups excluding carboxylic acids is 8. The van der Waals surface area contributed by atoms with Gasteiger partial charge in [0.1, 0.15) is 37.1 Å². The molecule has 0 unspecified atom stereocenters. The number of benzene rings is 3. The Morgan fingerprint density at radius 2 is 0.822 bits per heavy atom. The smallest absolute Gasteiger partial charge is 0.880 e. The van der Waals surface area contributed by atoms with Gasteiger partial charge in [0.05, 0.1) is 170 Å². The molecule has 129 heavy (non-hydrogen) atoms. The van der Waals surface area contributed by atoms with Crippen LogP contribution in [0.15, 0.2) is 194 Å². The van der Waals surface area contributed by atoms with Gasteiger partial charge in [0.2, 0.25) is 40.4 Å². The van der Waals surface area contributed by atoms with Crippen molar-refractivity contribution in [2.75, 3.05) is 107 Å². The molecular weight excluding hydrogens is 1720 g/mol. The SMILES string of the molecule is C.C.C.CCOC(=O)C(C)=O.C[O-].OCCN(CCO)c1ccccc1.[C-]#[N+]C([N+]#[C-])=C(N)CC#N.[C-]#[N+]C1=C(Cl)C(=O)N/C1=C(\C#N)[N+]#[C-].[C-]#[N+]C1=C([O-])C(=O)[N-]/C1=C(\C#N)[N+]#[C-].[C-]#[N+]C1=C(c2ccc(N(CCO)CCO)cc2)C(=O)N/C1=C(\C#N)[N+]#[C-].[C-]#[N+]C1=C(c2ccc(N(CCOC(=O)C(=C)C)CCOC(=O)C(=C)C)cc2)C(=O)N/C1=C(\C#N)[N+]#[C-].[Na+].[Na+].[Na+]. The van der Waals surface area contributed by atoms with Crippen LogP contribution >= 0.6 is 11.6 Å². The molecule has 0 atom stereocenters. The van der Waals surface area contributed by atoms with E-state index >= 15 is 0 Å². The fourth-order valence-corrected chi connectivity index (χ4v) is 9.39. The zero-order chi connectivity index (χ0) is 93.4. The number of nitriles is 5. The van der Waals surface area contributed by atoms with Gasteiger partial charge in [-0.3, -0.25) is 19.2 Å². The fraction of sp³-hybridized carbons (Fsp3) is 0.259. The number of nitrogens with two attached hydrogens (primary N) is 1. The van der Waals surface area contributed by atoms with Crippen molar-refractivity contribution in [2.45, 2.75) is 56.4 Å². The number of aliphatic hydroxyl groups excluding tert-OH is 4. The van der Waals surface area contributed by atoms with Gasteiger partial charge >= 0.3 is 112 Å². The Morgan fingerprint density at radius 3 is 1.10 bits per heavy atom. The number of hydrogen-bond acceptors (Lipinski definition) is 26. The number of para-hydroxylation sites is 1. The van der Waals surface area contributed by atoms with Crippen molar-refractivity contribution < 1.29 is 172 Å². The number of anilines is 3. The summed E-state index contributed by atoms with van der Waals surface area (Å²) in [7, 11) is 0.750. The van der Waals surface area contributed by atoms with Gasteiger partial charge in [-0.1, -0.05) is 95.3 Å². The maximum atomic E-state index is 12.5. The van der Waals surface area contributed by atoms with E-state index in [-0.39, 0.29) is 267 Å². The van der Waals surface area contributed by atoms with Crippen LogP contribution in [0.25, 0.3) is 64.9 Å². The Hall–Kier alpha value is -14.8. The average molecular weight is 1800 g/mol. The van der Waals surface area contributed by atoms with Crippen molar-refractivity contribution in [3.63, 3.8) is 0 Å². The Balaban J connectivity index is -0.000000282. The number of nitrogens with zero attached hydrogens (tertiary/aromatic N) is 19. The molecule has 648 valence electrons. The van der Waals surface area contributed by atoms with E-state index in [1.807, 2.05) is 40.1 Å². The molecule has 0 radical (unpaired) electrons. The number of amides is 4. The second-order valence-corrected chi connectivity index (χ2v) is 23.0. The summed E-state index contributed by atoms with van der Waals surface area (Å²) in [4.78, 5) is 126. The van der Waals surface area contributed by atoms with E-state index < -0.39 is 70.2 Å². The predicted octanol–water partition coefficient (Wildman–Crippen LogP) is -1.40. The first-order valence-corrected chi connectivity index (χ1v) is 34.6. The Labute approximate surface area is 818 Å². The number of aliphatic hydroxyl groups is 4. The summed E-state index contributed by atoms with van der Waals surface area (Å²) in [5, 5.41) is 108. The minimum Gasteiger partial charge on any atom is -0.880 e. The molecule has 0 aliphatic carbocycles. The number of halogens is 1. The van der Waals surface area contributed by atoms with Gasteiger partial charge in [-0.25, -0.2) is 74.2 Å². The Morgan fingerprint density at radius 1 is 0.496 bits per heavy atom. The van der Waals surface area contributed by atoms with E-state index in [0.717, 1.165) is 18.5 Å². The largest absolute Gasteiger partial charge is 1.00 e. The Bertz CT molecular complexity index is 5360. The normalized spacial score (nSPS) is 12.7. The molecular formula is C85H81ClN23Na3O17. The number of esters is 3. The minimum absolute atomic E-state index is 0. The second kappa shape index (κ2) is 70.5. The van der Waals surface area contributed by atoms with Crippen molar-refractivity contribution in [2.24, 2.45) is 5.73 Å². The standard InChI is InChI=1S/C26H23N5O5.C18H15N5O3.C10H15NO2.C8HClN4O.C8H2N4O2.C6H4N4.C5H8O3.CH3O.3CH4.3Na/c1-16(2)25(33)35-13-11-31(12-14-36-26(34)17(3)4)19-9-7-18(8-10-19)21-23(29-6)22(30-24(21)32)20(15-27)28-5;1-20-14(11-19)16-17(21-2)15(18(26)22-16)12-3-5-13(6-4-12)23(7-9-24)8-10-25;12-8-6-11(7-9-13)10-4-2-1-3-5-10;1-11-4(3-10)6-7(12-2)5(9)8(14)13-6;1-10-4(3-9)5-6(11-2)7(13)8(14)12-5;1-9-6(10-2)5(8)3-4-7;1-3-8-5(7)4(2)6;1-2;;;;;;/h7-10H,1,3,11-14H2,2,4H3,(H,30,32);3-6,24-25H,7-10H2,(H,22,26);1-5,12-13H,6-9H2;(H,13,14);(H2,12,13,14);3,8H2;3H2,1-2H3;1H3;3*1H4;;;/q;;;;;;;-1;;;;3*+1/p-2/b22-20+;16-14+;;6-4+;5-4+;;;;;;;;;.